The quantitative estimate of drug-likeness (QED) is 0.626. The molecule has 0 radical (unpaired) electrons. The number of aromatic nitrogens is 4. The van der Waals surface area contributed by atoms with E-state index >= 15 is 0 Å². The number of hydrogen-bond donors (Lipinski definition) is 1. The van der Waals surface area contributed by atoms with Crippen LogP contribution in [-0.4, -0.2) is 25.7 Å². The van der Waals surface area contributed by atoms with Gasteiger partial charge < -0.3 is 4.52 Å². The molecule has 114 valence electrons. The summed E-state index contributed by atoms with van der Waals surface area (Å²) in [5, 5.41) is 11.1. The molecule has 3 heterocycles. The van der Waals surface area contributed by atoms with Crippen molar-refractivity contribution in [2.45, 2.75) is 6.92 Å². The lowest BCUT2D eigenvalue weighted by atomic mass is 10.2. The molecule has 1 amide bonds. The van der Waals surface area contributed by atoms with Crippen LogP contribution in [0.4, 0.5) is 5.13 Å². The van der Waals surface area contributed by atoms with Gasteiger partial charge in [0.25, 0.3) is 5.91 Å². The molecule has 8 heteroatoms. The van der Waals surface area contributed by atoms with Crippen LogP contribution in [0.3, 0.4) is 0 Å². The first-order chi connectivity index (χ1) is 11.2. The second-order valence-electron chi connectivity index (χ2n) is 4.90. The molecule has 0 fully saturated rings. The number of rotatable bonds is 3. The van der Waals surface area contributed by atoms with E-state index in [2.05, 4.69) is 20.6 Å². The second-order valence-corrected chi connectivity index (χ2v) is 5.86. The van der Waals surface area contributed by atoms with Crippen molar-refractivity contribution in [1.29, 1.82) is 0 Å². The number of carbonyl (C=O) groups excluding carboxylic acids is 1. The number of fused-ring (bicyclic) bond motifs is 1. The normalized spacial score (nSPS) is 11.0. The SMILES string of the molecule is Cc1cc(C(=O)Nc2nn3cc(-c4ccccc4)nc3s2)no1. The zero-order valence-electron chi connectivity index (χ0n) is 12.1. The Kier molecular flexibility index (Phi) is 3.16. The van der Waals surface area contributed by atoms with Gasteiger partial charge in [-0.25, -0.2) is 9.50 Å². The van der Waals surface area contributed by atoms with E-state index in [1.54, 1.807) is 17.5 Å². The summed E-state index contributed by atoms with van der Waals surface area (Å²) < 4.78 is 6.54. The van der Waals surface area contributed by atoms with Crippen LogP contribution in [-0.2, 0) is 0 Å². The van der Waals surface area contributed by atoms with Crippen LogP contribution in [0.1, 0.15) is 16.2 Å². The van der Waals surface area contributed by atoms with Gasteiger partial charge >= 0.3 is 0 Å². The highest BCUT2D eigenvalue weighted by atomic mass is 32.1. The molecule has 23 heavy (non-hydrogen) atoms. The first-order valence-electron chi connectivity index (χ1n) is 6.85. The summed E-state index contributed by atoms with van der Waals surface area (Å²) in [7, 11) is 0. The van der Waals surface area contributed by atoms with Crippen molar-refractivity contribution in [3.63, 3.8) is 0 Å². The maximum Gasteiger partial charge on any atom is 0.279 e. The maximum atomic E-state index is 12.0. The summed E-state index contributed by atoms with van der Waals surface area (Å²) in [5.74, 6) is 0.221. The maximum absolute atomic E-state index is 12.0. The van der Waals surface area contributed by atoms with Gasteiger partial charge in [0.05, 0.1) is 11.9 Å². The molecule has 0 bridgehead atoms. The van der Waals surface area contributed by atoms with Crippen LogP contribution >= 0.6 is 11.3 Å². The Morgan fingerprint density at radius 3 is 2.83 bits per heavy atom. The third-order valence-corrected chi connectivity index (χ3v) is 4.03. The highest BCUT2D eigenvalue weighted by Gasteiger charge is 2.15. The monoisotopic (exact) mass is 325 g/mol. The zero-order valence-corrected chi connectivity index (χ0v) is 12.9. The Labute approximate surface area is 134 Å². The van der Waals surface area contributed by atoms with Gasteiger partial charge in [-0.3, -0.25) is 10.1 Å². The van der Waals surface area contributed by atoms with Crippen molar-refractivity contribution in [2.24, 2.45) is 0 Å². The van der Waals surface area contributed by atoms with E-state index < -0.39 is 0 Å². The summed E-state index contributed by atoms with van der Waals surface area (Å²) in [6, 6.07) is 11.4. The van der Waals surface area contributed by atoms with Crippen molar-refractivity contribution in [1.82, 2.24) is 19.8 Å². The minimum Gasteiger partial charge on any atom is -0.361 e. The van der Waals surface area contributed by atoms with E-state index in [4.69, 9.17) is 4.52 Å². The smallest absolute Gasteiger partial charge is 0.279 e. The van der Waals surface area contributed by atoms with Crippen LogP contribution in [0.5, 0.6) is 0 Å². The van der Waals surface area contributed by atoms with Gasteiger partial charge in [0.2, 0.25) is 10.1 Å². The van der Waals surface area contributed by atoms with E-state index in [1.165, 1.54) is 11.3 Å². The third kappa shape index (κ3) is 2.59. The van der Waals surface area contributed by atoms with Crippen LogP contribution < -0.4 is 5.32 Å². The van der Waals surface area contributed by atoms with Gasteiger partial charge in [-0.1, -0.05) is 46.8 Å². The topological polar surface area (TPSA) is 85.3 Å². The summed E-state index contributed by atoms with van der Waals surface area (Å²) in [6.07, 6.45) is 1.83. The molecule has 1 N–H and O–H groups in total. The molecule has 0 aliphatic heterocycles. The minimum atomic E-state index is -0.359. The first-order valence-corrected chi connectivity index (χ1v) is 7.67. The Balaban J connectivity index is 1.58. The van der Waals surface area contributed by atoms with E-state index in [0.717, 1.165) is 11.3 Å². The summed E-state index contributed by atoms with van der Waals surface area (Å²) in [4.78, 5) is 17.2. The molecule has 1 aromatic carbocycles. The molecule has 0 saturated carbocycles. The second kappa shape index (κ2) is 5.33. The molecule has 3 aromatic heterocycles. The molecule has 0 aliphatic rings. The predicted octanol–water partition coefficient (Wildman–Crippen LogP) is 3.01. The third-order valence-electron chi connectivity index (χ3n) is 3.19. The minimum absolute atomic E-state index is 0.223. The van der Waals surface area contributed by atoms with E-state index in [0.29, 0.717) is 15.9 Å². The fourth-order valence-electron chi connectivity index (χ4n) is 2.13. The number of nitrogens with one attached hydrogen (secondary N) is 1. The molecule has 0 spiro atoms. The highest BCUT2D eigenvalue weighted by molar-refractivity contribution is 7.20. The molecule has 0 unspecified atom stereocenters. The Morgan fingerprint density at radius 2 is 2.13 bits per heavy atom. The van der Waals surface area contributed by atoms with Gasteiger partial charge in [0.1, 0.15) is 5.76 Å². The molecule has 0 saturated heterocycles. The van der Waals surface area contributed by atoms with Gasteiger partial charge in [0.15, 0.2) is 5.69 Å². The van der Waals surface area contributed by atoms with E-state index in [1.807, 2.05) is 36.5 Å². The molecule has 4 rings (SSSR count). The fourth-order valence-corrected chi connectivity index (χ4v) is 2.91. The molecule has 0 atom stereocenters. The molecular formula is C15H11N5O2S. The highest BCUT2D eigenvalue weighted by Crippen LogP contribution is 2.24. The average molecular weight is 325 g/mol. The standard InChI is InChI=1S/C15H11N5O2S/c1-9-7-11(19-22-9)13(21)17-14-18-20-8-12(16-15(20)23-14)10-5-3-2-4-6-10/h2-8H,1H3,(H,17,18,21). The molecular weight excluding hydrogens is 314 g/mol. The van der Waals surface area contributed by atoms with Crippen molar-refractivity contribution >= 4 is 27.3 Å². The fraction of sp³-hybridized carbons (Fsp3) is 0.0667. The first kappa shape index (κ1) is 13.6. The lowest BCUT2D eigenvalue weighted by Crippen LogP contribution is -2.12. The number of imidazole rings is 1. The zero-order chi connectivity index (χ0) is 15.8. The molecule has 4 aromatic rings. The number of aryl methyl sites for hydroxylation is 1. The van der Waals surface area contributed by atoms with E-state index in [9.17, 15) is 4.79 Å². The van der Waals surface area contributed by atoms with E-state index in [-0.39, 0.29) is 11.6 Å². The number of anilines is 1. The van der Waals surface area contributed by atoms with Gasteiger partial charge in [-0.05, 0) is 6.92 Å². The summed E-state index contributed by atoms with van der Waals surface area (Å²) >= 11 is 1.29. The van der Waals surface area contributed by atoms with Crippen LogP contribution in [0.15, 0.2) is 47.1 Å². The van der Waals surface area contributed by atoms with Crippen LogP contribution in [0, 0.1) is 6.92 Å². The van der Waals surface area contributed by atoms with Crippen molar-refractivity contribution in [3.8, 4) is 11.3 Å². The molecule has 0 aliphatic carbocycles. The average Bonchev–Trinajstić information content (AvgIpc) is 3.22. The molecule has 7 nitrogen and oxygen atoms in total. The Bertz CT molecular complexity index is 954. The lowest BCUT2D eigenvalue weighted by Gasteiger charge is -1.96. The van der Waals surface area contributed by atoms with Crippen LogP contribution in [0.25, 0.3) is 16.2 Å². The van der Waals surface area contributed by atoms with Gasteiger partial charge in [-0.2, -0.15) is 0 Å². The lowest BCUT2D eigenvalue weighted by molar-refractivity contribution is 0.101. The summed E-state index contributed by atoms with van der Waals surface area (Å²) in [6.45, 7) is 1.73. The van der Waals surface area contributed by atoms with Crippen LogP contribution in [0.2, 0.25) is 0 Å². The number of carbonyl (C=O) groups is 1. The number of benzene rings is 1. The van der Waals surface area contributed by atoms with Crippen molar-refractivity contribution in [2.75, 3.05) is 5.32 Å². The Morgan fingerprint density at radius 1 is 1.30 bits per heavy atom. The van der Waals surface area contributed by atoms with Gasteiger partial charge in [-0.15, -0.1) is 5.10 Å². The largest absolute Gasteiger partial charge is 0.361 e. The Hall–Kier alpha value is -3.00. The van der Waals surface area contributed by atoms with Crippen molar-refractivity contribution in [3.05, 3.63) is 54.0 Å². The number of hydrogen-bond acceptors (Lipinski definition) is 6. The predicted molar refractivity (Wildman–Crippen MR) is 85.5 cm³/mol. The van der Waals surface area contributed by atoms with Crippen molar-refractivity contribution < 1.29 is 9.32 Å². The summed E-state index contributed by atoms with van der Waals surface area (Å²) in [5.41, 5.74) is 2.09. The van der Waals surface area contributed by atoms with Gasteiger partial charge in [0, 0.05) is 11.6 Å². The number of amides is 1. The number of nitrogens with zero attached hydrogens (tertiary/aromatic N) is 4.